The minimum Gasteiger partial charge on any atom is -0.386 e. The maximum atomic E-state index is 11.8. The molecule has 2 aromatic carbocycles. The monoisotopic (exact) mass is 338 g/mol. The Morgan fingerprint density at radius 3 is 2.05 bits per heavy atom. The molecule has 3 nitrogen and oxygen atoms in total. The van der Waals surface area contributed by atoms with Crippen molar-refractivity contribution in [3.05, 3.63) is 69.2 Å². The molecule has 0 aliphatic carbocycles. The molecule has 19 heavy (non-hydrogen) atoms. The molecule has 0 spiro atoms. The topological polar surface area (TPSA) is 43.4 Å². The average molecular weight is 340 g/mol. The van der Waals surface area contributed by atoms with Gasteiger partial charge in [-0.05, 0) is 40.2 Å². The van der Waals surface area contributed by atoms with Crippen molar-refractivity contribution >= 4 is 39.5 Å². The van der Waals surface area contributed by atoms with Crippen LogP contribution in [0.1, 0.15) is 20.7 Å². The fraction of sp³-hybridized carbons (Fsp3) is 0. The van der Waals surface area contributed by atoms with Crippen molar-refractivity contribution in [2.45, 2.75) is 0 Å². The number of halogens is 2. The van der Waals surface area contributed by atoms with Crippen LogP contribution >= 0.6 is 27.5 Å². The third-order valence-electron chi connectivity index (χ3n) is 2.37. The Bertz CT molecular complexity index is 585. The molecule has 5 heteroatoms. The first-order valence-corrected chi connectivity index (χ1v) is 6.52. The van der Waals surface area contributed by atoms with Crippen molar-refractivity contribution in [3.63, 3.8) is 0 Å². The fourth-order valence-electron chi connectivity index (χ4n) is 1.45. The SMILES string of the molecule is O=C(OC(=O)c1ccccc1Br)c1ccccc1Cl. The van der Waals surface area contributed by atoms with Crippen molar-refractivity contribution in [2.75, 3.05) is 0 Å². The van der Waals surface area contributed by atoms with E-state index in [0.29, 0.717) is 4.47 Å². The van der Waals surface area contributed by atoms with Crippen LogP contribution in [0.5, 0.6) is 0 Å². The molecule has 2 rings (SSSR count). The Morgan fingerprint density at radius 1 is 0.895 bits per heavy atom. The smallest absolute Gasteiger partial charge is 0.347 e. The molecular formula is C14H8BrClO3. The predicted octanol–water partition coefficient (Wildman–Crippen LogP) is 4.10. The lowest BCUT2D eigenvalue weighted by molar-refractivity contribution is 0.0397. The fourth-order valence-corrected chi connectivity index (χ4v) is 2.11. The van der Waals surface area contributed by atoms with Crippen molar-refractivity contribution in [1.29, 1.82) is 0 Å². The second kappa shape index (κ2) is 5.99. The second-order valence-corrected chi connectivity index (χ2v) is 4.90. The largest absolute Gasteiger partial charge is 0.386 e. The highest BCUT2D eigenvalue weighted by atomic mass is 79.9. The van der Waals surface area contributed by atoms with Gasteiger partial charge in [0.05, 0.1) is 16.1 Å². The molecule has 0 saturated carbocycles. The van der Waals surface area contributed by atoms with Crippen molar-refractivity contribution in [3.8, 4) is 0 Å². The molecule has 2 aromatic rings. The average Bonchev–Trinajstić information content (AvgIpc) is 2.39. The summed E-state index contributed by atoms with van der Waals surface area (Å²) in [6, 6.07) is 13.1. The molecule has 0 aromatic heterocycles. The zero-order valence-electron chi connectivity index (χ0n) is 9.60. The molecule has 96 valence electrons. The van der Waals surface area contributed by atoms with Crippen LogP contribution in [0.25, 0.3) is 0 Å². The van der Waals surface area contributed by atoms with Gasteiger partial charge in [0.1, 0.15) is 0 Å². The third kappa shape index (κ3) is 3.22. The first kappa shape index (κ1) is 13.8. The first-order chi connectivity index (χ1) is 9.09. The van der Waals surface area contributed by atoms with Gasteiger partial charge in [0.2, 0.25) is 0 Å². The lowest BCUT2D eigenvalue weighted by atomic mass is 10.2. The summed E-state index contributed by atoms with van der Waals surface area (Å²) in [5.41, 5.74) is 0.437. The van der Waals surface area contributed by atoms with Crippen LogP contribution in [-0.2, 0) is 4.74 Å². The van der Waals surface area contributed by atoms with Gasteiger partial charge in [-0.25, -0.2) is 9.59 Å². The number of esters is 2. The molecule has 0 N–H and O–H groups in total. The molecule has 0 saturated heterocycles. The number of benzene rings is 2. The highest BCUT2D eigenvalue weighted by molar-refractivity contribution is 9.10. The first-order valence-electron chi connectivity index (χ1n) is 5.35. The van der Waals surface area contributed by atoms with Gasteiger partial charge in [-0.15, -0.1) is 0 Å². The van der Waals surface area contributed by atoms with E-state index in [1.807, 2.05) is 0 Å². The van der Waals surface area contributed by atoms with E-state index in [-0.39, 0.29) is 16.1 Å². The van der Waals surface area contributed by atoms with Crippen LogP contribution in [-0.4, -0.2) is 11.9 Å². The Hall–Kier alpha value is -1.65. The molecule has 0 fully saturated rings. The summed E-state index contributed by atoms with van der Waals surface area (Å²) in [7, 11) is 0. The Balaban J connectivity index is 2.19. The number of rotatable bonds is 2. The summed E-state index contributed by atoms with van der Waals surface area (Å²) in [5, 5.41) is 0.243. The third-order valence-corrected chi connectivity index (χ3v) is 3.39. The van der Waals surface area contributed by atoms with Gasteiger partial charge in [0.25, 0.3) is 0 Å². The summed E-state index contributed by atoms with van der Waals surface area (Å²) in [6.07, 6.45) is 0. The number of hydrogen-bond donors (Lipinski definition) is 0. The van der Waals surface area contributed by atoms with E-state index < -0.39 is 11.9 Å². The summed E-state index contributed by atoms with van der Waals surface area (Å²) >= 11 is 9.08. The molecule has 0 heterocycles. The van der Waals surface area contributed by atoms with Gasteiger partial charge < -0.3 is 4.74 Å². The van der Waals surface area contributed by atoms with E-state index in [2.05, 4.69) is 15.9 Å². The van der Waals surface area contributed by atoms with E-state index in [1.54, 1.807) is 42.5 Å². The Morgan fingerprint density at radius 2 is 1.42 bits per heavy atom. The standard InChI is InChI=1S/C14H8BrClO3/c15-11-7-3-1-5-9(11)13(17)19-14(18)10-6-2-4-8-12(10)16/h1-8H. The van der Waals surface area contributed by atoms with Gasteiger partial charge in [-0.1, -0.05) is 35.9 Å². The zero-order chi connectivity index (χ0) is 13.8. The van der Waals surface area contributed by atoms with E-state index >= 15 is 0 Å². The molecule has 0 aliphatic rings. The van der Waals surface area contributed by atoms with E-state index in [0.717, 1.165) is 0 Å². The molecule has 0 atom stereocenters. The number of hydrogen-bond acceptors (Lipinski definition) is 3. The highest BCUT2D eigenvalue weighted by Crippen LogP contribution is 2.19. The highest BCUT2D eigenvalue weighted by Gasteiger charge is 2.18. The van der Waals surface area contributed by atoms with E-state index in [4.69, 9.17) is 16.3 Å². The van der Waals surface area contributed by atoms with E-state index in [9.17, 15) is 9.59 Å². The maximum Gasteiger partial charge on any atom is 0.347 e. The van der Waals surface area contributed by atoms with Gasteiger partial charge in [0, 0.05) is 4.47 Å². The Labute approximate surface area is 123 Å². The quantitative estimate of drug-likeness (QED) is 0.611. The van der Waals surface area contributed by atoms with E-state index in [1.165, 1.54) is 6.07 Å². The Kier molecular flexibility index (Phi) is 4.35. The van der Waals surface area contributed by atoms with Crippen LogP contribution < -0.4 is 0 Å². The van der Waals surface area contributed by atoms with Crippen LogP contribution in [0.15, 0.2) is 53.0 Å². The summed E-state index contributed by atoms with van der Waals surface area (Å²) in [6.45, 7) is 0. The molecule has 0 amide bonds. The predicted molar refractivity (Wildman–Crippen MR) is 75.3 cm³/mol. The van der Waals surface area contributed by atoms with Gasteiger partial charge >= 0.3 is 11.9 Å². The lowest BCUT2D eigenvalue weighted by Crippen LogP contribution is -2.13. The number of carbonyl (C=O) groups excluding carboxylic acids is 2. The molecule has 0 radical (unpaired) electrons. The van der Waals surface area contributed by atoms with Crippen LogP contribution in [0.2, 0.25) is 5.02 Å². The number of carbonyl (C=O) groups is 2. The summed E-state index contributed by atoms with van der Waals surface area (Å²) in [5.74, 6) is -1.50. The van der Waals surface area contributed by atoms with Crippen LogP contribution in [0, 0.1) is 0 Å². The van der Waals surface area contributed by atoms with Crippen molar-refractivity contribution < 1.29 is 14.3 Å². The molecule has 0 bridgehead atoms. The van der Waals surface area contributed by atoms with Gasteiger partial charge in [0.15, 0.2) is 0 Å². The zero-order valence-corrected chi connectivity index (χ0v) is 11.9. The normalized spacial score (nSPS) is 10.0. The van der Waals surface area contributed by atoms with Gasteiger partial charge in [-0.3, -0.25) is 0 Å². The lowest BCUT2D eigenvalue weighted by Gasteiger charge is -2.05. The molecule has 0 aliphatic heterocycles. The maximum absolute atomic E-state index is 11.8. The molecular weight excluding hydrogens is 332 g/mol. The summed E-state index contributed by atoms with van der Waals surface area (Å²) < 4.78 is 5.35. The van der Waals surface area contributed by atoms with Crippen molar-refractivity contribution in [2.24, 2.45) is 0 Å². The minimum absolute atomic E-state index is 0.157. The molecule has 0 unspecified atom stereocenters. The minimum atomic E-state index is -0.772. The number of ether oxygens (including phenoxy) is 1. The second-order valence-electron chi connectivity index (χ2n) is 3.64. The van der Waals surface area contributed by atoms with Crippen LogP contribution in [0.3, 0.4) is 0 Å². The van der Waals surface area contributed by atoms with Crippen molar-refractivity contribution in [1.82, 2.24) is 0 Å². The van der Waals surface area contributed by atoms with Crippen LogP contribution in [0.4, 0.5) is 0 Å². The summed E-state index contributed by atoms with van der Waals surface area (Å²) in [4.78, 5) is 23.7. The van der Waals surface area contributed by atoms with Gasteiger partial charge in [-0.2, -0.15) is 0 Å².